The highest BCUT2D eigenvalue weighted by molar-refractivity contribution is 7.91. The molecule has 1 aromatic carbocycles. The van der Waals surface area contributed by atoms with Gasteiger partial charge in [0, 0.05) is 24.3 Å². The second-order valence-corrected chi connectivity index (χ2v) is 7.68. The number of nitrogens with one attached hydrogen (secondary N) is 1. The summed E-state index contributed by atoms with van der Waals surface area (Å²) in [5.74, 6) is 0.180. The molecule has 0 atom stereocenters. The second kappa shape index (κ2) is 5.59. The van der Waals surface area contributed by atoms with E-state index in [2.05, 4.69) is 5.32 Å². The van der Waals surface area contributed by atoms with Crippen LogP contribution in [0.5, 0.6) is 0 Å². The molecule has 1 N–H and O–H groups in total. The highest BCUT2D eigenvalue weighted by atomic mass is 32.2. The minimum absolute atomic E-state index is 0.179. The quantitative estimate of drug-likeness (QED) is 0.868. The van der Waals surface area contributed by atoms with Crippen molar-refractivity contribution in [1.82, 2.24) is 5.32 Å². The summed E-state index contributed by atoms with van der Waals surface area (Å²) in [6, 6.07) is 6.80. The summed E-state index contributed by atoms with van der Waals surface area (Å²) in [5, 5.41) is 3.17. The van der Waals surface area contributed by atoms with Gasteiger partial charge in [0.2, 0.25) is 0 Å². The fourth-order valence-electron chi connectivity index (χ4n) is 2.59. The Balaban J connectivity index is 2.06. The Morgan fingerprint density at radius 3 is 2.53 bits per heavy atom. The Morgan fingerprint density at radius 2 is 2.00 bits per heavy atom. The number of hydrogen-bond acceptors (Lipinski definition) is 3. The van der Waals surface area contributed by atoms with Crippen LogP contribution in [0, 0.1) is 5.82 Å². The lowest BCUT2D eigenvalue weighted by Gasteiger charge is -2.43. The molecule has 106 valence electrons. The van der Waals surface area contributed by atoms with Crippen LogP contribution in [0.15, 0.2) is 24.3 Å². The average molecular weight is 285 g/mol. The normalized spacial score (nSPS) is 18.0. The molecule has 0 saturated carbocycles. The number of hydrogen-bond donors (Lipinski definition) is 1. The maximum atomic E-state index is 13.9. The molecule has 5 heteroatoms. The number of rotatable bonds is 6. The van der Waals surface area contributed by atoms with Crippen molar-refractivity contribution in [2.75, 3.05) is 24.6 Å². The fourth-order valence-corrected chi connectivity index (χ4v) is 3.47. The van der Waals surface area contributed by atoms with E-state index < -0.39 is 9.84 Å². The van der Waals surface area contributed by atoms with Crippen molar-refractivity contribution in [3.05, 3.63) is 35.6 Å². The molecule has 1 aliphatic heterocycles. The van der Waals surface area contributed by atoms with Crippen LogP contribution in [-0.2, 0) is 15.3 Å². The largest absolute Gasteiger partial charge is 0.315 e. The maximum Gasteiger partial charge on any atom is 0.150 e. The minimum atomic E-state index is -2.93. The predicted molar refractivity (Wildman–Crippen MR) is 74.5 cm³/mol. The van der Waals surface area contributed by atoms with Crippen LogP contribution in [0.4, 0.5) is 4.39 Å². The van der Waals surface area contributed by atoms with Crippen molar-refractivity contribution in [2.24, 2.45) is 0 Å². The van der Waals surface area contributed by atoms with E-state index in [-0.39, 0.29) is 22.7 Å². The number of halogens is 1. The third-order valence-electron chi connectivity index (χ3n) is 3.92. The lowest BCUT2D eigenvalue weighted by molar-refractivity contribution is 0.248. The Labute approximate surface area is 114 Å². The van der Waals surface area contributed by atoms with E-state index in [9.17, 15) is 12.8 Å². The van der Waals surface area contributed by atoms with E-state index >= 15 is 0 Å². The van der Waals surface area contributed by atoms with E-state index in [4.69, 9.17) is 0 Å². The average Bonchev–Trinajstić information content (AvgIpc) is 2.34. The standard InChI is InChI=1S/C14H20FNO2S/c1-2-19(17,18)9-5-8-14(10-16-11-14)12-6-3-4-7-13(12)15/h3-4,6-7,16H,2,5,8-11H2,1H3. The molecule has 0 bridgehead atoms. The Kier molecular flexibility index (Phi) is 4.26. The van der Waals surface area contributed by atoms with Crippen molar-refractivity contribution in [2.45, 2.75) is 25.2 Å². The van der Waals surface area contributed by atoms with Crippen LogP contribution >= 0.6 is 0 Å². The molecule has 3 nitrogen and oxygen atoms in total. The van der Waals surface area contributed by atoms with Crippen molar-refractivity contribution >= 4 is 9.84 Å². The lowest BCUT2D eigenvalue weighted by atomic mass is 9.72. The molecular formula is C14H20FNO2S. The van der Waals surface area contributed by atoms with Gasteiger partial charge < -0.3 is 5.32 Å². The summed E-state index contributed by atoms with van der Waals surface area (Å²) in [6.45, 7) is 3.10. The van der Waals surface area contributed by atoms with Crippen LogP contribution in [0.25, 0.3) is 0 Å². The molecule has 1 aromatic rings. The van der Waals surface area contributed by atoms with Crippen molar-refractivity contribution in [3.8, 4) is 0 Å². The van der Waals surface area contributed by atoms with Crippen LogP contribution < -0.4 is 5.32 Å². The minimum Gasteiger partial charge on any atom is -0.315 e. The van der Waals surface area contributed by atoms with Gasteiger partial charge in [0.05, 0.1) is 5.75 Å². The van der Waals surface area contributed by atoms with Crippen molar-refractivity contribution in [3.63, 3.8) is 0 Å². The fraction of sp³-hybridized carbons (Fsp3) is 0.571. The molecule has 0 aromatic heterocycles. The molecule has 0 radical (unpaired) electrons. The van der Waals surface area contributed by atoms with Gasteiger partial charge in [0.15, 0.2) is 0 Å². The Hall–Kier alpha value is -0.940. The van der Waals surface area contributed by atoms with Gasteiger partial charge in [-0.3, -0.25) is 0 Å². The first kappa shape index (κ1) is 14.5. The van der Waals surface area contributed by atoms with Crippen LogP contribution in [0.2, 0.25) is 0 Å². The van der Waals surface area contributed by atoms with E-state index in [0.29, 0.717) is 18.4 Å². The zero-order chi connectivity index (χ0) is 13.9. The molecule has 0 spiro atoms. The first-order valence-corrected chi connectivity index (χ1v) is 8.47. The Morgan fingerprint density at radius 1 is 1.32 bits per heavy atom. The SMILES string of the molecule is CCS(=O)(=O)CCCC1(c2ccccc2F)CNC1. The number of benzene rings is 1. The van der Waals surface area contributed by atoms with Crippen molar-refractivity contribution < 1.29 is 12.8 Å². The third-order valence-corrected chi connectivity index (χ3v) is 5.71. The first-order valence-electron chi connectivity index (χ1n) is 6.65. The zero-order valence-corrected chi connectivity index (χ0v) is 12.0. The summed E-state index contributed by atoms with van der Waals surface area (Å²) in [4.78, 5) is 0. The smallest absolute Gasteiger partial charge is 0.150 e. The number of sulfone groups is 1. The predicted octanol–water partition coefficient (Wildman–Crippen LogP) is 1.88. The molecule has 0 amide bonds. The molecule has 0 aliphatic carbocycles. The third kappa shape index (κ3) is 3.15. The highest BCUT2D eigenvalue weighted by Crippen LogP contribution is 2.35. The van der Waals surface area contributed by atoms with E-state index in [1.54, 1.807) is 13.0 Å². The second-order valence-electron chi connectivity index (χ2n) is 5.20. The molecule has 0 unspecified atom stereocenters. The van der Waals surface area contributed by atoms with Crippen LogP contribution in [0.1, 0.15) is 25.3 Å². The van der Waals surface area contributed by atoms with Gasteiger partial charge in [-0.1, -0.05) is 25.1 Å². The van der Waals surface area contributed by atoms with Crippen molar-refractivity contribution in [1.29, 1.82) is 0 Å². The Bertz CT molecular complexity index is 538. The topological polar surface area (TPSA) is 46.2 Å². The molecule has 1 aliphatic rings. The summed E-state index contributed by atoms with van der Waals surface area (Å²) < 4.78 is 36.9. The van der Waals surface area contributed by atoms with Gasteiger partial charge in [-0.2, -0.15) is 0 Å². The highest BCUT2D eigenvalue weighted by Gasteiger charge is 2.40. The summed E-state index contributed by atoms with van der Waals surface area (Å²) >= 11 is 0. The molecule has 1 fully saturated rings. The molecule has 1 saturated heterocycles. The monoisotopic (exact) mass is 285 g/mol. The lowest BCUT2D eigenvalue weighted by Crippen LogP contribution is -2.57. The van der Waals surface area contributed by atoms with Crippen LogP contribution in [-0.4, -0.2) is 33.0 Å². The molecule has 19 heavy (non-hydrogen) atoms. The summed E-state index contributed by atoms with van der Waals surface area (Å²) in [6.07, 6.45) is 1.30. The van der Waals surface area contributed by atoms with Gasteiger partial charge in [-0.15, -0.1) is 0 Å². The molecular weight excluding hydrogens is 265 g/mol. The van der Waals surface area contributed by atoms with Gasteiger partial charge in [0.25, 0.3) is 0 Å². The van der Waals surface area contributed by atoms with E-state index in [1.165, 1.54) is 6.07 Å². The van der Waals surface area contributed by atoms with E-state index in [0.717, 1.165) is 13.1 Å². The van der Waals surface area contributed by atoms with Gasteiger partial charge in [-0.25, -0.2) is 12.8 Å². The molecule has 1 heterocycles. The van der Waals surface area contributed by atoms with Gasteiger partial charge in [-0.05, 0) is 24.5 Å². The zero-order valence-electron chi connectivity index (χ0n) is 11.2. The van der Waals surface area contributed by atoms with Gasteiger partial charge >= 0.3 is 0 Å². The summed E-state index contributed by atoms with van der Waals surface area (Å²) in [5.41, 5.74) is 0.483. The molecule has 2 rings (SSSR count). The van der Waals surface area contributed by atoms with Gasteiger partial charge in [0.1, 0.15) is 15.7 Å². The maximum absolute atomic E-state index is 13.9. The van der Waals surface area contributed by atoms with E-state index in [1.807, 2.05) is 12.1 Å². The first-order chi connectivity index (χ1) is 8.99. The van der Waals surface area contributed by atoms with Crippen LogP contribution in [0.3, 0.4) is 0 Å². The summed E-state index contributed by atoms with van der Waals surface area (Å²) in [7, 11) is -2.93.